The largest absolute Gasteiger partial charge is 1.00 e. The molecule has 1 rings (SSSR count). The van der Waals surface area contributed by atoms with Crippen LogP contribution in [0.25, 0.3) is 0 Å². The van der Waals surface area contributed by atoms with Crippen molar-refractivity contribution in [3.05, 3.63) is 0 Å². The third kappa shape index (κ3) is 16.4. The molecule has 18 nitrogen and oxygen atoms in total. The summed E-state index contributed by atoms with van der Waals surface area (Å²) in [5.74, 6) is 0. The molecule has 0 aromatic carbocycles. The summed E-state index contributed by atoms with van der Waals surface area (Å²) in [6, 6.07) is 0. The van der Waals surface area contributed by atoms with Crippen molar-refractivity contribution < 1.29 is 204 Å². The van der Waals surface area contributed by atoms with E-state index in [1.165, 1.54) is 0 Å². The molecule has 1 saturated carbocycles. The second-order valence-electron chi connectivity index (χ2n) is 5.14. The number of aliphatic hydroxyl groups is 2. The number of phosphoric acid groups is 4. The zero-order valence-corrected chi connectivity index (χ0v) is 28.4. The first-order valence-corrected chi connectivity index (χ1v) is 12.4. The molecule has 0 aromatic heterocycles. The first kappa shape index (κ1) is 43.4. The maximum atomic E-state index is 11.0. The summed E-state index contributed by atoms with van der Waals surface area (Å²) in [6.45, 7) is 0. The smallest absolute Gasteiger partial charge is 0.756 e. The van der Waals surface area contributed by atoms with Crippen LogP contribution in [0.15, 0.2) is 0 Å². The molecule has 10 atom stereocenters. The van der Waals surface area contributed by atoms with Crippen LogP contribution in [0.2, 0.25) is 0 Å². The van der Waals surface area contributed by atoms with Crippen LogP contribution in [0.1, 0.15) is 0 Å². The van der Waals surface area contributed by atoms with Gasteiger partial charge in [0, 0.05) is 0 Å². The molecule has 0 aliphatic heterocycles. The molecule has 26 heteroatoms. The normalized spacial score (nSPS) is 34.9. The van der Waals surface area contributed by atoms with Gasteiger partial charge in [0.25, 0.3) is 31.3 Å². The molecule has 32 heavy (non-hydrogen) atoms. The van der Waals surface area contributed by atoms with E-state index in [1.807, 2.05) is 0 Å². The molecule has 1 fully saturated rings. The second kappa shape index (κ2) is 16.5. The molecular weight excluding hydrogens is 576 g/mol. The molecule has 4 unspecified atom stereocenters. The summed E-state index contributed by atoms with van der Waals surface area (Å²) in [5.41, 5.74) is 0. The summed E-state index contributed by atoms with van der Waals surface area (Å²) < 4.78 is 59.3. The third-order valence-electron chi connectivity index (χ3n) is 3.01. The molecule has 0 radical (unpaired) electrons. The molecule has 0 aromatic rings. The van der Waals surface area contributed by atoms with Crippen molar-refractivity contribution in [3.8, 4) is 0 Å². The number of rotatable bonds is 8. The fourth-order valence-corrected chi connectivity index (χ4v) is 4.45. The fraction of sp³-hybridized carbons (Fsp3) is 1.00. The van der Waals surface area contributed by atoms with Crippen molar-refractivity contribution >= 4 is 31.3 Å². The molecule has 1 aliphatic carbocycles. The molecule has 0 spiro atoms. The standard InChI is InChI=1S/C6H16O18P4.4Na/c7-1-2(8)4(22-26(12,13)14)6(24-28(18,19)20)5(23-27(15,16)17)3(1)21-25(9,10)11;;;;/h1-8H,(H2,9,10,11)(H2,12,13,14)(H2,15,16,17)(H2,18,19,20);;;;/q;4*+1/p-4/t1-,2-,3-,4+,5-,6-;;;;/m1..../s1. The van der Waals surface area contributed by atoms with Crippen LogP contribution in [-0.4, -0.2) is 66.4 Å². The van der Waals surface area contributed by atoms with E-state index >= 15 is 0 Å². The Morgan fingerprint density at radius 3 is 0.781 bits per heavy atom. The Hall–Kier alpha value is 4.36. The van der Waals surface area contributed by atoms with Gasteiger partial charge in [-0.25, -0.2) is 0 Å². The van der Waals surface area contributed by atoms with Crippen molar-refractivity contribution in [1.82, 2.24) is 0 Å². The van der Waals surface area contributed by atoms with Gasteiger partial charge in [0.1, 0.15) is 36.6 Å². The van der Waals surface area contributed by atoms with E-state index in [4.69, 9.17) is 19.6 Å². The topological polar surface area (TPSA) is 319 Å². The van der Waals surface area contributed by atoms with Gasteiger partial charge in [-0.1, -0.05) is 0 Å². The number of aliphatic hydroxyl groups excluding tert-OH is 2. The van der Waals surface area contributed by atoms with E-state index in [0.29, 0.717) is 0 Å². The molecule has 0 bridgehead atoms. The first-order chi connectivity index (χ1) is 12.2. The van der Waals surface area contributed by atoms with Gasteiger partial charge in [-0.05, 0) is 0 Å². The average molecular weight is 588 g/mol. The van der Waals surface area contributed by atoms with Crippen molar-refractivity contribution in [1.29, 1.82) is 0 Å². The van der Waals surface area contributed by atoms with Crippen LogP contribution < -0.4 is 138 Å². The van der Waals surface area contributed by atoms with Gasteiger partial charge in [-0.15, -0.1) is 0 Å². The van der Waals surface area contributed by atoms with Crippen LogP contribution in [0.5, 0.6) is 0 Å². The summed E-state index contributed by atoms with van der Waals surface area (Å²) in [6.07, 6.45) is -16.7. The minimum Gasteiger partial charge on any atom is -0.756 e. The zero-order valence-electron chi connectivity index (χ0n) is 16.8. The third-order valence-corrected chi connectivity index (χ3v) is 5.05. The number of hydrogen-bond acceptors (Lipinski definition) is 14. The van der Waals surface area contributed by atoms with Crippen molar-refractivity contribution in [2.45, 2.75) is 36.6 Å². The Kier molecular flexibility index (Phi) is 22.3. The molecule has 6 N–H and O–H groups in total. The Bertz CT molecular complexity index is 682. The van der Waals surface area contributed by atoms with Crippen LogP contribution in [0.3, 0.4) is 0 Å². The van der Waals surface area contributed by atoms with Crippen LogP contribution in [0.4, 0.5) is 0 Å². The van der Waals surface area contributed by atoms with Crippen molar-refractivity contribution in [2.75, 3.05) is 0 Å². The van der Waals surface area contributed by atoms with Crippen molar-refractivity contribution in [2.24, 2.45) is 0 Å². The van der Waals surface area contributed by atoms with Gasteiger partial charge >= 0.3 is 118 Å². The monoisotopic (exact) mass is 588 g/mol. The Balaban J connectivity index is -0.000000980. The minimum atomic E-state index is -5.98. The maximum absolute atomic E-state index is 11.0. The Morgan fingerprint density at radius 1 is 0.469 bits per heavy atom. The Labute approximate surface area is 268 Å². The number of hydrogen-bond donors (Lipinski definition) is 6. The van der Waals surface area contributed by atoms with Gasteiger partial charge in [-0.3, -0.25) is 18.3 Å². The van der Waals surface area contributed by atoms with Gasteiger partial charge in [0.2, 0.25) is 0 Å². The first-order valence-electron chi connectivity index (χ1n) is 6.45. The van der Waals surface area contributed by atoms with Crippen LogP contribution >= 0.6 is 31.3 Å². The van der Waals surface area contributed by atoms with E-state index in [9.17, 15) is 48.0 Å². The second-order valence-corrected chi connectivity index (χ2v) is 9.73. The average Bonchev–Trinajstić information content (AvgIpc) is 2.39. The van der Waals surface area contributed by atoms with Crippen molar-refractivity contribution in [3.63, 3.8) is 0 Å². The van der Waals surface area contributed by atoms with Gasteiger partial charge in [0.05, 0.1) is 0 Å². The van der Waals surface area contributed by atoms with E-state index in [1.54, 1.807) is 0 Å². The zero-order chi connectivity index (χ0) is 22.3. The SMILES string of the molecule is O=P([O-])(O)O[C@H]1[C@H](OP(=O)([O-])O)[C@@H](OP(=O)([O-])O)[C@H](O)[C@@H](O)[C@H]1OP(=O)([O-])O.[Na+].[Na+].[Na+].[Na+]. The minimum absolute atomic E-state index is 0. The van der Waals surface area contributed by atoms with E-state index in [2.05, 4.69) is 18.1 Å². The fourth-order valence-electron chi connectivity index (χ4n) is 2.25. The van der Waals surface area contributed by atoms with Crippen LogP contribution in [0, 0.1) is 0 Å². The molecule has 0 amide bonds. The predicted octanol–water partition coefficient (Wildman–Crippen LogP) is -17.9. The molecule has 168 valence electrons. The molecule has 1 aliphatic rings. The van der Waals surface area contributed by atoms with E-state index in [0.717, 1.165) is 0 Å². The van der Waals surface area contributed by atoms with Gasteiger partial charge in [0.15, 0.2) is 0 Å². The van der Waals surface area contributed by atoms with Gasteiger partial charge in [-0.2, -0.15) is 0 Å². The van der Waals surface area contributed by atoms with E-state index in [-0.39, 0.29) is 118 Å². The maximum Gasteiger partial charge on any atom is 1.00 e. The summed E-state index contributed by atoms with van der Waals surface area (Å²) in [4.78, 5) is 78.7. The summed E-state index contributed by atoms with van der Waals surface area (Å²) in [7, 11) is -23.7. The molecule has 0 saturated heterocycles. The molecule has 0 heterocycles. The van der Waals surface area contributed by atoms with E-state index < -0.39 is 67.9 Å². The van der Waals surface area contributed by atoms with Crippen LogP contribution in [-0.2, 0) is 36.4 Å². The molecular formula is C6H12Na4O18P4. The quantitative estimate of drug-likeness (QED) is 0.113. The summed E-state index contributed by atoms with van der Waals surface area (Å²) in [5, 5.41) is 19.7. The van der Waals surface area contributed by atoms with Gasteiger partial charge < -0.3 is 67.5 Å². The Morgan fingerprint density at radius 2 is 0.625 bits per heavy atom. The summed E-state index contributed by atoms with van der Waals surface area (Å²) >= 11 is 0. The predicted molar refractivity (Wildman–Crippen MR) is 70.8 cm³/mol. The number of phosphoric ester groups is 4.